The molecule has 2 atom stereocenters. The van der Waals surface area contributed by atoms with Gasteiger partial charge in [-0.25, -0.2) is 13.2 Å². The Morgan fingerprint density at radius 1 is 1.21 bits per heavy atom. The molecule has 0 aliphatic heterocycles. The second-order valence-electron chi connectivity index (χ2n) is 6.48. The Kier molecular flexibility index (Phi) is 5.94. The molecule has 3 rings (SSSR count). The lowest BCUT2D eigenvalue weighted by Gasteiger charge is -2.27. The molecule has 1 saturated carbocycles. The zero-order valence-corrected chi connectivity index (χ0v) is 15.5. The van der Waals surface area contributed by atoms with Gasteiger partial charge in [-0.1, -0.05) is 0 Å². The average molecular weight is 432 g/mol. The molecule has 158 valence electrons. The zero-order chi connectivity index (χ0) is 20.9. The number of alkyl halides is 5. The summed E-state index contributed by atoms with van der Waals surface area (Å²) in [6.07, 6.45) is -8.54. The predicted octanol–water partition coefficient (Wildman–Crippen LogP) is 3.39. The largest absolute Gasteiger partial charge is 0.408 e. The van der Waals surface area contributed by atoms with Crippen molar-refractivity contribution in [3.63, 3.8) is 0 Å². The van der Waals surface area contributed by atoms with E-state index in [0.29, 0.717) is 0 Å². The van der Waals surface area contributed by atoms with Crippen LogP contribution in [0.2, 0.25) is 0 Å². The highest BCUT2D eigenvalue weighted by atomic mass is 32.1. The smallest absolute Gasteiger partial charge is 0.380 e. The summed E-state index contributed by atoms with van der Waals surface area (Å²) in [5.74, 6) is -7.09. The summed E-state index contributed by atoms with van der Waals surface area (Å²) in [5.41, 5.74) is -0.576. The summed E-state index contributed by atoms with van der Waals surface area (Å²) in [7, 11) is 0. The SMILES string of the molecule is S.[2H]C1(O)C(F)=C(c2nc(NC3CC3)nc(N[C@@H](C)C(F)(F)F)n2)CCC1(F)F. The Morgan fingerprint density at radius 3 is 2.39 bits per heavy atom. The number of allylic oxidation sites excluding steroid dienone is 1. The fourth-order valence-corrected chi connectivity index (χ4v) is 2.35. The van der Waals surface area contributed by atoms with Crippen LogP contribution in [0.15, 0.2) is 5.83 Å². The van der Waals surface area contributed by atoms with Crippen molar-refractivity contribution < 1.29 is 32.8 Å². The molecule has 13 heteroatoms. The van der Waals surface area contributed by atoms with Crippen molar-refractivity contribution in [1.82, 2.24) is 15.0 Å². The van der Waals surface area contributed by atoms with Gasteiger partial charge in [-0.2, -0.15) is 41.6 Å². The molecule has 2 aliphatic rings. The van der Waals surface area contributed by atoms with Gasteiger partial charge in [-0.05, 0) is 26.2 Å². The van der Waals surface area contributed by atoms with Crippen LogP contribution in [0.4, 0.5) is 38.2 Å². The molecule has 1 aromatic rings. The molecule has 3 N–H and O–H groups in total. The van der Waals surface area contributed by atoms with Gasteiger partial charge in [0.25, 0.3) is 5.92 Å². The highest BCUT2D eigenvalue weighted by Crippen LogP contribution is 2.41. The van der Waals surface area contributed by atoms with E-state index in [4.69, 9.17) is 1.37 Å². The molecule has 28 heavy (non-hydrogen) atoms. The van der Waals surface area contributed by atoms with Gasteiger partial charge in [0, 0.05) is 18.0 Å². The van der Waals surface area contributed by atoms with Gasteiger partial charge >= 0.3 is 6.18 Å². The van der Waals surface area contributed by atoms with Crippen molar-refractivity contribution in [2.75, 3.05) is 10.6 Å². The third kappa shape index (κ3) is 4.99. The molecule has 0 saturated heterocycles. The molecular formula is C15H19F6N5OS. The normalized spacial score (nSPS) is 26.2. The molecule has 6 nitrogen and oxygen atoms in total. The standard InChI is InChI=1S/C15H17F6N5O.H2S/c1-6(15(19,20)21)22-12-24-11(25-13(26-12)23-7-2-3-7)8-4-5-14(17,18)10(27)9(8)16;/h6-7,10,27H,2-5H2,1H3,(H2,22,23,24,25,26);1H2/t6-,10?;/m0./s1/i10D;. The lowest BCUT2D eigenvalue weighted by Crippen LogP contribution is -2.37. The Hall–Kier alpha value is -1.76. The number of aliphatic hydroxyl groups is 1. The molecule has 0 aromatic carbocycles. The van der Waals surface area contributed by atoms with Crippen LogP contribution in [-0.2, 0) is 0 Å². The second kappa shape index (κ2) is 7.93. The first-order chi connectivity index (χ1) is 12.8. The fourth-order valence-electron chi connectivity index (χ4n) is 2.35. The summed E-state index contributed by atoms with van der Waals surface area (Å²) in [6.45, 7) is 0.820. The number of nitrogens with one attached hydrogen (secondary N) is 2. The van der Waals surface area contributed by atoms with Crippen LogP contribution in [0.25, 0.3) is 5.57 Å². The third-order valence-electron chi connectivity index (χ3n) is 4.16. The van der Waals surface area contributed by atoms with E-state index >= 15 is 0 Å². The van der Waals surface area contributed by atoms with Crippen LogP contribution in [0.1, 0.15) is 39.8 Å². The lowest BCUT2D eigenvalue weighted by molar-refractivity contribution is -0.138. The number of rotatable bonds is 5. The van der Waals surface area contributed by atoms with Gasteiger partial charge in [0.2, 0.25) is 11.9 Å². The van der Waals surface area contributed by atoms with Gasteiger partial charge in [-0.15, -0.1) is 0 Å². The minimum absolute atomic E-state index is 0. The van der Waals surface area contributed by atoms with E-state index in [1.54, 1.807) is 0 Å². The van der Waals surface area contributed by atoms with Crippen LogP contribution in [0.3, 0.4) is 0 Å². The van der Waals surface area contributed by atoms with Crippen molar-refractivity contribution in [2.45, 2.75) is 62.9 Å². The molecule has 1 unspecified atom stereocenters. The first kappa shape index (κ1) is 21.0. The number of halogens is 6. The summed E-state index contributed by atoms with van der Waals surface area (Å²) < 4.78 is 87.4. The maximum atomic E-state index is 14.4. The molecule has 1 heterocycles. The molecule has 1 fully saturated rings. The molecule has 0 spiro atoms. The molecule has 1 aromatic heterocycles. The Labute approximate surface area is 164 Å². The summed E-state index contributed by atoms with van der Waals surface area (Å²) in [4.78, 5) is 11.4. The number of nitrogens with zero attached hydrogens (tertiary/aromatic N) is 3. The lowest BCUT2D eigenvalue weighted by atomic mass is 9.92. The topological polar surface area (TPSA) is 83.0 Å². The van der Waals surface area contributed by atoms with E-state index in [0.717, 1.165) is 19.8 Å². The zero-order valence-electron chi connectivity index (χ0n) is 15.5. The Morgan fingerprint density at radius 2 is 1.82 bits per heavy atom. The Bertz CT molecular complexity index is 802. The number of hydrogen-bond donors (Lipinski definition) is 3. The van der Waals surface area contributed by atoms with Gasteiger partial charge in [0.05, 0.1) is 1.37 Å². The van der Waals surface area contributed by atoms with Gasteiger partial charge < -0.3 is 15.7 Å². The maximum absolute atomic E-state index is 14.4. The van der Waals surface area contributed by atoms with Crippen molar-refractivity contribution >= 4 is 31.0 Å². The minimum atomic E-state index is -4.62. The van der Waals surface area contributed by atoms with Crippen LogP contribution < -0.4 is 10.6 Å². The summed E-state index contributed by atoms with van der Waals surface area (Å²) in [5, 5.41) is 14.4. The first-order valence-electron chi connectivity index (χ1n) is 8.67. The monoisotopic (exact) mass is 432 g/mol. The molecular weight excluding hydrogens is 412 g/mol. The number of hydrogen-bond acceptors (Lipinski definition) is 6. The minimum Gasteiger partial charge on any atom is -0.380 e. The third-order valence-corrected chi connectivity index (χ3v) is 4.16. The van der Waals surface area contributed by atoms with Crippen LogP contribution in [0.5, 0.6) is 0 Å². The quantitative estimate of drug-likeness (QED) is 0.619. The first-order valence-corrected chi connectivity index (χ1v) is 8.17. The Balaban J connectivity index is 0.00000300. The fraction of sp³-hybridized carbons (Fsp3) is 0.667. The maximum Gasteiger partial charge on any atom is 0.408 e. The second-order valence-corrected chi connectivity index (χ2v) is 6.48. The van der Waals surface area contributed by atoms with Crippen LogP contribution >= 0.6 is 13.5 Å². The molecule has 0 amide bonds. The molecule has 0 bridgehead atoms. The summed E-state index contributed by atoms with van der Waals surface area (Å²) >= 11 is 0. The average Bonchev–Trinajstić information content (AvgIpc) is 3.36. The number of aromatic nitrogens is 3. The van der Waals surface area contributed by atoms with Crippen molar-refractivity contribution in [1.29, 1.82) is 0 Å². The number of anilines is 2. The van der Waals surface area contributed by atoms with Crippen molar-refractivity contribution in [3.05, 3.63) is 11.7 Å². The van der Waals surface area contributed by atoms with E-state index in [1.165, 1.54) is 0 Å². The van der Waals surface area contributed by atoms with E-state index < -0.39 is 60.2 Å². The van der Waals surface area contributed by atoms with Gasteiger partial charge in [-0.3, -0.25) is 0 Å². The van der Waals surface area contributed by atoms with Crippen LogP contribution in [0, 0.1) is 0 Å². The predicted molar refractivity (Wildman–Crippen MR) is 94.2 cm³/mol. The van der Waals surface area contributed by atoms with Gasteiger partial charge in [0.1, 0.15) is 11.9 Å². The van der Waals surface area contributed by atoms with Gasteiger partial charge in [0.15, 0.2) is 11.9 Å². The van der Waals surface area contributed by atoms with Crippen molar-refractivity contribution in [3.8, 4) is 0 Å². The summed E-state index contributed by atoms with van der Waals surface area (Å²) in [6, 6.07) is -2.05. The van der Waals surface area contributed by atoms with Crippen molar-refractivity contribution in [2.24, 2.45) is 0 Å². The van der Waals surface area contributed by atoms with E-state index in [1.807, 2.05) is 5.32 Å². The van der Waals surface area contributed by atoms with E-state index in [2.05, 4.69) is 20.3 Å². The highest BCUT2D eigenvalue weighted by Gasteiger charge is 2.46. The molecule has 0 radical (unpaired) electrons. The van der Waals surface area contributed by atoms with E-state index in [-0.39, 0.29) is 25.5 Å². The highest BCUT2D eigenvalue weighted by molar-refractivity contribution is 7.59. The van der Waals surface area contributed by atoms with E-state index in [9.17, 15) is 31.4 Å². The molecule has 2 aliphatic carbocycles. The van der Waals surface area contributed by atoms with Crippen LogP contribution in [-0.4, -0.2) is 50.3 Å².